The van der Waals surface area contributed by atoms with E-state index >= 15 is 0 Å². The zero-order chi connectivity index (χ0) is 16.8. The summed E-state index contributed by atoms with van der Waals surface area (Å²) < 4.78 is 5.21. The molecule has 1 aromatic heterocycles. The highest BCUT2D eigenvalue weighted by atomic mass is 16.5. The number of amides is 1. The summed E-state index contributed by atoms with van der Waals surface area (Å²) in [7, 11) is 0. The number of hydrogen-bond acceptors (Lipinski definition) is 6. The summed E-state index contributed by atoms with van der Waals surface area (Å²) in [6.07, 6.45) is 9.91. The first-order valence-electron chi connectivity index (χ1n) is 8.35. The maximum Gasteiger partial charge on any atom is 0.309 e. The fourth-order valence-corrected chi connectivity index (χ4v) is 2.96. The molecule has 1 aliphatic carbocycles. The largest absolute Gasteiger partial charge is 0.455 e. The number of hydrogen-bond donors (Lipinski definition) is 0. The molecule has 0 bridgehead atoms. The molecule has 0 N–H and O–H groups in total. The molecule has 0 spiro atoms. The van der Waals surface area contributed by atoms with Crippen LogP contribution < -0.4 is 4.90 Å². The molecule has 0 saturated carbocycles. The molecule has 2 heterocycles. The molecule has 2 aliphatic rings. The zero-order valence-electron chi connectivity index (χ0n) is 13.6. The van der Waals surface area contributed by atoms with Gasteiger partial charge in [0.15, 0.2) is 6.61 Å². The molecular weight excluding hydrogens is 308 g/mol. The maximum atomic E-state index is 12.2. The van der Waals surface area contributed by atoms with Crippen LogP contribution in [0.15, 0.2) is 30.6 Å². The zero-order valence-corrected chi connectivity index (χ0v) is 13.6. The first-order valence-corrected chi connectivity index (χ1v) is 8.35. The van der Waals surface area contributed by atoms with Crippen LogP contribution in [0.25, 0.3) is 0 Å². The average molecular weight is 330 g/mol. The molecule has 3 rings (SSSR count). The molecule has 1 fully saturated rings. The molecule has 0 aromatic carbocycles. The topological polar surface area (TPSA) is 75.6 Å². The van der Waals surface area contributed by atoms with E-state index in [1.165, 1.54) is 0 Å². The van der Waals surface area contributed by atoms with Crippen LogP contribution in [0.1, 0.15) is 19.3 Å². The third kappa shape index (κ3) is 4.10. The van der Waals surface area contributed by atoms with Gasteiger partial charge in [-0.05, 0) is 25.3 Å². The molecule has 1 saturated heterocycles. The Kier molecular flexibility index (Phi) is 5.40. The van der Waals surface area contributed by atoms with Gasteiger partial charge in [-0.15, -0.1) is 0 Å². The van der Waals surface area contributed by atoms with E-state index in [0.717, 1.165) is 12.8 Å². The minimum atomic E-state index is -0.260. The van der Waals surface area contributed by atoms with Gasteiger partial charge < -0.3 is 14.5 Å². The van der Waals surface area contributed by atoms with Crippen LogP contribution in [-0.2, 0) is 14.3 Å². The van der Waals surface area contributed by atoms with Crippen LogP contribution in [0, 0.1) is 5.92 Å². The lowest BCUT2D eigenvalue weighted by atomic mass is 9.95. The Labute approximate surface area is 141 Å². The Morgan fingerprint density at radius 1 is 1.12 bits per heavy atom. The molecule has 7 heteroatoms. The van der Waals surface area contributed by atoms with Crippen molar-refractivity contribution in [2.75, 3.05) is 37.7 Å². The SMILES string of the molecule is O=C(OCC(=O)N1CCN(c2ncccn2)CC1)[C@@H]1CC=CCC1. The van der Waals surface area contributed by atoms with E-state index < -0.39 is 0 Å². The van der Waals surface area contributed by atoms with Crippen molar-refractivity contribution in [3.8, 4) is 0 Å². The first-order chi connectivity index (χ1) is 11.7. The third-order valence-electron chi connectivity index (χ3n) is 4.41. The Balaban J connectivity index is 1.42. The standard InChI is InChI=1S/C17H22N4O3/c22-15(13-24-16(23)14-5-2-1-3-6-14)20-9-11-21(12-10-20)17-18-7-4-8-19-17/h1-2,4,7-8,14H,3,5-6,9-13H2/t14-/m1/s1. The van der Waals surface area contributed by atoms with Crippen LogP contribution in [-0.4, -0.2) is 59.5 Å². The van der Waals surface area contributed by atoms with Crippen LogP contribution in [0.5, 0.6) is 0 Å². The number of rotatable bonds is 4. The van der Waals surface area contributed by atoms with Gasteiger partial charge in [0.1, 0.15) is 0 Å². The lowest BCUT2D eigenvalue weighted by molar-refractivity contribution is -0.155. The summed E-state index contributed by atoms with van der Waals surface area (Å²) in [5, 5.41) is 0. The Hall–Kier alpha value is -2.44. The maximum absolute atomic E-state index is 12.2. The van der Waals surface area contributed by atoms with Crippen molar-refractivity contribution in [1.29, 1.82) is 0 Å². The van der Waals surface area contributed by atoms with Crippen molar-refractivity contribution in [3.05, 3.63) is 30.6 Å². The highest BCUT2D eigenvalue weighted by Gasteiger charge is 2.25. The number of ether oxygens (including phenoxy) is 1. The summed E-state index contributed by atoms with van der Waals surface area (Å²) in [6.45, 7) is 2.36. The van der Waals surface area contributed by atoms with Crippen molar-refractivity contribution in [2.24, 2.45) is 5.92 Å². The molecule has 1 aliphatic heterocycles. The Morgan fingerprint density at radius 2 is 1.88 bits per heavy atom. The van der Waals surface area contributed by atoms with Crippen molar-refractivity contribution < 1.29 is 14.3 Å². The predicted molar refractivity (Wildman–Crippen MR) is 88.3 cm³/mol. The van der Waals surface area contributed by atoms with Crippen LogP contribution in [0.2, 0.25) is 0 Å². The normalized spacial score (nSPS) is 20.8. The fraction of sp³-hybridized carbons (Fsp3) is 0.529. The van der Waals surface area contributed by atoms with E-state index in [0.29, 0.717) is 38.5 Å². The first kappa shape index (κ1) is 16.4. The van der Waals surface area contributed by atoms with E-state index in [4.69, 9.17) is 4.74 Å². The van der Waals surface area contributed by atoms with Gasteiger partial charge >= 0.3 is 5.97 Å². The van der Waals surface area contributed by atoms with Crippen molar-refractivity contribution in [3.63, 3.8) is 0 Å². The summed E-state index contributed by atoms with van der Waals surface area (Å²) in [4.78, 5) is 36.4. The van der Waals surface area contributed by atoms with Crippen LogP contribution in [0.4, 0.5) is 5.95 Å². The third-order valence-corrected chi connectivity index (χ3v) is 4.41. The monoisotopic (exact) mass is 330 g/mol. The highest BCUT2D eigenvalue weighted by Crippen LogP contribution is 2.19. The van der Waals surface area contributed by atoms with E-state index in [9.17, 15) is 9.59 Å². The molecule has 24 heavy (non-hydrogen) atoms. The van der Waals surface area contributed by atoms with Gasteiger partial charge in [-0.3, -0.25) is 9.59 Å². The van der Waals surface area contributed by atoms with E-state index in [1.54, 1.807) is 23.4 Å². The Bertz CT molecular complexity index is 597. The van der Waals surface area contributed by atoms with Crippen molar-refractivity contribution >= 4 is 17.8 Å². The lowest BCUT2D eigenvalue weighted by Crippen LogP contribution is -2.50. The van der Waals surface area contributed by atoms with Gasteiger partial charge in [0.25, 0.3) is 5.91 Å². The molecule has 0 radical (unpaired) electrons. The summed E-state index contributed by atoms with van der Waals surface area (Å²) in [6, 6.07) is 1.78. The van der Waals surface area contributed by atoms with Crippen molar-refractivity contribution in [2.45, 2.75) is 19.3 Å². The number of nitrogens with zero attached hydrogens (tertiary/aromatic N) is 4. The Morgan fingerprint density at radius 3 is 2.54 bits per heavy atom. The summed E-state index contributed by atoms with van der Waals surface area (Å²) in [5.41, 5.74) is 0. The number of aromatic nitrogens is 2. The van der Waals surface area contributed by atoms with Crippen LogP contribution >= 0.6 is 0 Å². The second-order valence-electron chi connectivity index (χ2n) is 6.01. The van der Waals surface area contributed by atoms with Gasteiger partial charge in [-0.2, -0.15) is 0 Å². The highest BCUT2D eigenvalue weighted by molar-refractivity contribution is 5.81. The number of carbonyl (C=O) groups excluding carboxylic acids is 2. The van der Waals surface area contributed by atoms with Crippen molar-refractivity contribution in [1.82, 2.24) is 14.9 Å². The number of carbonyl (C=O) groups is 2. The van der Waals surface area contributed by atoms with Gasteiger partial charge in [0, 0.05) is 38.6 Å². The van der Waals surface area contributed by atoms with E-state index in [2.05, 4.69) is 16.0 Å². The smallest absolute Gasteiger partial charge is 0.309 e. The minimum Gasteiger partial charge on any atom is -0.455 e. The summed E-state index contributed by atoms with van der Waals surface area (Å²) in [5.74, 6) is 0.184. The molecule has 1 atom stereocenters. The molecular formula is C17H22N4O3. The average Bonchev–Trinajstić information content (AvgIpc) is 2.67. The lowest BCUT2D eigenvalue weighted by Gasteiger charge is -2.34. The van der Waals surface area contributed by atoms with Gasteiger partial charge in [-0.1, -0.05) is 12.2 Å². The van der Waals surface area contributed by atoms with E-state index in [1.807, 2.05) is 11.0 Å². The quantitative estimate of drug-likeness (QED) is 0.606. The molecule has 7 nitrogen and oxygen atoms in total. The second-order valence-corrected chi connectivity index (χ2v) is 6.01. The number of esters is 1. The van der Waals surface area contributed by atoms with Gasteiger partial charge in [-0.25, -0.2) is 9.97 Å². The second kappa shape index (κ2) is 7.90. The molecule has 128 valence electrons. The number of piperazine rings is 1. The molecule has 1 amide bonds. The fourth-order valence-electron chi connectivity index (χ4n) is 2.96. The predicted octanol–water partition coefficient (Wildman–Crippen LogP) is 1.02. The van der Waals surface area contributed by atoms with Crippen LogP contribution in [0.3, 0.4) is 0 Å². The van der Waals surface area contributed by atoms with Gasteiger partial charge in [0.05, 0.1) is 5.92 Å². The minimum absolute atomic E-state index is 0.102. The number of anilines is 1. The molecule has 1 aromatic rings. The van der Waals surface area contributed by atoms with Gasteiger partial charge in [0.2, 0.25) is 5.95 Å². The summed E-state index contributed by atoms with van der Waals surface area (Å²) >= 11 is 0. The van der Waals surface area contributed by atoms with E-state index in [-0.39, 0.29) is 24.4 Å². The molecule has 0 unspecified atom stereocenters. The number of allylic oxidation sites excluding steroid dienone is 2.